The van der Waals surface area contributed by atoms with E-state index in [4.69, 9.17) is 0 Å². The lowest BCUT2D eigenvalue weighted by molar-refractivity contribution is -0.147. The minimum Gasteiger partial charge on any atom is -0.375 e. The highest BCUT2D eigenvalue weighted by Crippen LogP contribution is 2.47. The summed E-state index contributed by atoms with van der Waals surface area (Å²) in [6, 6.07) is 9.85. The first-order chi connectivity index (χ1) is 13.1. The van der Waals surface area contributed by atoms with Crippen molar-refractivity contribution in [2.45, 2.75) is 63.5 Å². The highest BCUT2D eigenvalue weighted by molar-refractivity contribution is 5.87. The van der Waals surface area contributed by atoms with E-state index in [1.807, 2.05) is 30.3 Å². The number of aliphatic hydroxyl groups is 1. The summed E-state index contributed by atoms with van der Waals surface area (Å²) in [5.41, 5.74) is -0.628. The highest BCUT2D eigenvalue weighted by Gasteiger charge is 2.58. The largest absolute Gasteiger partial charge is 0.375 e. The van der Waals surface area contributed by atoms with Crippen molar-refractivity contribution >= 4 is 5.91 Å². The second kappa shape index (κ2) is 7.92. The number of fused-ring (bicyclic) bond motifs is 1. The van der Waals surface area contributed by atoms with Gasteiger partial charge in [-0.2, -0.15) is 0 Å². The maximum absolute atomic E-state index is 13.3. The number of amides is 1. The summed E-state index contributed by atoms with van der Waals surface area (Å²) < 4.78 is 0. The number of carbonyl (C=O) groups is 1. The second-order valence-electron chi connectivity index (χ2n) is 8.91. The number of hydrogen-bond donors (Lipinski definition) is 2. The van der Waals surface area contributed by atoms with Crippen molar-refractivity contribution in [2.75, 3.05) is 19.6 Å². The number of carbonyl (C=O) groups excluding carboxylic acids is 1. The molecule has 0 bridgehead atoms. The van der Waals surface area contributed by atoms with Crippen LogP contribution in [0.15, 0.2) is 30.3 Å². The number of nitrogens with one attached hydrogen (secondary N) is 1. The molecule has 1 aromatic carbocycles. The van der Waals surface area contributed by atoms with Crippen molar-refractivity contribution in [1.82, 2.24) is 10.2 Å². The molecule has 1 saturated heterocycles. The zero-order valence-corrected chi connectivity index (χ0v) is 16.6. The first-order valence-electron chi connectivity index (χ1n) is 11.0. The van der Waals surface area contributed by atoms with Crippen molar-refractivity contribution < 1.29 is 9.90 Å². The van der Waals surface area contributed by atoms with E-state index >= 15 is 0 Å². The summed E-state index contributed by atoms with van der Waals surface area (Å²) in [7, 11) is 0. The lowest BCUT2D eigenvalue weighted by Crippen LogP contribution is -2.51. The van der Waals surface area contributed by atoms with Crippen LogP contribution in [0.5, 0.6) is 0 Å². The van der Waals surface area contributed by atoms with E-state index < -0.39 is 5.60 Å². The Morgan fingerprint density at radius 3 is 2.44 bits per heavy atom. The van der Waals surface area contributed by atoms with Crippen molar-refractivity contribution in [2.24, 2.45) is 17.8 Å². The lowest BCUT2D eigenvalue weighted by atomic mass is 9.79. The quantitative estimate of drug-likeness (QED) is 0.691. The Kier molecular flexibility index (Phi) is 5.56. The number of nitrogens with zero attached hydrogens (tertiary/aromatic N) is 1. The van der Waals surface area contributed by atoms with Gasteiger partial charge >= 0.3 is 0 Å². The van der Waals surface area contributed by atoms with Crippen LogP contribution in [0.1, 0.15) is 57.4 Å². The van der Waals surface area contributed by atoms with Crippen LogP contribution < -0.4 is 5.32 Å². The SMILES string of the molecule is CCCCCN1CC2[C@H](C1)[C@H]2NC(=O)C(O)(c1ccccc1)C1CCCC1. The zero-order chi connectivity index (χ0) is 18.9. The molecule has 1 amide bonds. The number of benzene rings is 1. The van der Waals surface area contributed by atoms with Gasteiger partial charge in [-0.1, -0.05) is 62.9 Å². The van der Waals surface area contributed by atoms with Gasteiger partial charge in [-0.15, -0.1) is 0 Å². The van der Waals surface area contributed by atoms with Crippen LogP contribution in [0.25, 0.3) is 0 Å². The summed E-state index contributed by atoms with van der Waals surface area (Å²) in [5.74, 6) is 1.03. The first kappa shape index (κ1) is 18.9. The molecule has 27 heavy (non-hydrogen) atoms. The molecule has 0 spiro atoms. The lowest BCUT2D eigenvalue weighted by Gasteiger charge is -2.33. The highest BCUT2D eigenvalue weighted by atomic mass is 16.3. The van der Waals surface area contributed by atoms with Crippen LogP contribution >= 0.6 is 0 Å². The minimum atomic E-state index is -1.38. The maximum Gasteiger partial charge on any atom is 0.257 e. The predicted octanol–water partition coefficient (Wildman–Crippen LogP) is 3.30. The Morgan fingerprint density at radius 2 is 1.81 bits per heavy atom. The van der Waals surface area contributed by atoms with Crippen LogP contribution in [-0.4, -0.2) is 41.6 Å². The number of likely N-dealkylation sites (tertiary alicyclic amines) is 1. The number of hydrogen-bond acceptors (Lipinski definition) is 3. The number of rotatable bonds is 8. The standard InChI is InChI=1S/C23H34N2O2/c1-2-3-9-14-25-15-19-20(16-25)21(19)24-22(26)23(27,18-12-7-8-13-18)17-10-5-4-6-11-17/h4-6,10-11,18-21,27H,2-3,7-9,12-16H2,1H3,(H,24,26)/t19-,20?,21+,23?/m0/s1. The van der Waals surface area contributed by atoms with Crippen LogP contribution in [0.3, 0.4) is 0 Å². The second-order valence-corrected chi connectivity index (χ2v) is 8.91. The van der Waals surface area contributed by atoms with Gasteiger partial charge < -0.3 is 15.3 Å². The van der Waals surface area contributed by atoms with Gasteiger partial charge in [-0.3, -0.25) is 4.79 Å². The van der Waals surface area contributed by atoms with Crippen LogP contribution in [0.4, 0.5) is 0 Å². The van der Waals surface area contributed by atoms with Gasteiger partial charge in [-0.25, -0.2) is 0 Å². The van der Waals surface area contributed by atoms with Gasteiger partial charge in [0.25, 0.3) is 5.91 Å². The van der Waals surface area contributed by atoms with E-state index in [-0.39, 0.29) is 17.9 Å². The van der Waals surface area contributed by atoms with E-state index in [1.54, 1.807) is 0 Å². The Labute approximate surface area is 163 Å². The average molecular weight is 371 g/mol. The first-order valence-corrected chi connectivity index (χ1v) is 11.0. The van der Waals surface area contributed by atoms with Crippen molar-refractivity contribution in [3.05, 3.63) is 35.9 Å². The number of unbranched alkanes of at least 4 members (excludes halogenated alkanes) is 2. The fourth-order valence-electron chi connectivity index (χ4n) is 5.45. The molecule has 3 aliphatic rings. The fraction of sp³-hybridized carbons (Fsp3) is 0.696. The molecule has 4 heteroatoms. The normalized spacial score (nSPS) is 30.1. The molecule has 1 heterocycles. The molecule has 148 valence electrons. The summed E-state index contributed by atoms with van der Waals surface area (Å²) in [4.78, 5) is 15.8. The molecule has 2 aliphatic carbocycles. The monoisotopic (exact) mass is 370 g/mol. The molecular formula is C23H34N2O2. The van der Waals surface area contributed by atoms with Gasteiger partial charge in [0.2, 0.25) is 0 Å². The summed E-state index contributed by atoms with van der Waals surface area (Å²) >= 11 is 0. The molecule has 0 aromatic heterocycles. The van der Waals surface area contributed by atoms with E-state index in [9.17, 15) is 9.90 Å². The minimum absolute atomic E-state index is 0.0315. The van der Waals surface area contributed by atoms with Crippen molar-refractivity contribution in [3.8, 4) is 0 Å². The Bertz CT molecular complexity index is 631. The van der Waals surface area contributed by atoms with E-state index in [1.165, 1.54) is 25.8 Å². The van der Waals surface area contributed by atoms with Gasteiger partial charge in [-0.05, 0) is 43.2 Å². The molecule has 4 rings (SSSR count). The zero-order valence-electron chi connectivity index (χ0n) is 16.6. The molecule has 2 N–H and O–H groups in total. The number of piperidine rings is 1. The maximum atomic E-state index is 13.3. The smallest absolute Gasteiger partial charge is 0.257 e. The molecule has 3 fully saturated rings. The van der Waals surface area contributed by atoms with E-state index in [2.05, 4.69) is 17.1 Å². The summed E-state index contributed by atoms with van der Waals surface area (Å²) in [6.45, 7) is 5.64. The summed E-state index contributed by atoms with van der Waals surface area (Å²) in [6.07, 6.45) is 7.92. The van der Waals surface area contributed by atoms with E-state index in [0.717, 1.165) is 44.3 Å². The predicted molar refractivity (Wildman–Crippen MR) is 107 cm³/mol. The van der Waals surface area contributed by atoms with Crippen molar-refractivity contribution in [3.63, 3.8) is 0 Å². The molecule has 0 radical (unpaired) electrons. The summed E-state index contributed by atoms with van der Waals surface area (Å²) in [5, 5.41) is 14.8. The molecule has 1 aromatic rings. The topological polar surface area (TPSA) is 52.6 Å². The molecule has 2 saturated carbocycles. The molecule has 1 aliphatic heterocycles. The third-order valence-electron chi connectivity index (χ3n) is 7.15. The van der Waals surface area contributed by atoms with Crippen LogP contribution in [0, 0.1) is 17.8 Å². The van der Waals surface area contributed by atoms with Gasteiger partial charge in [0.15, 0.2) is 5.60 Å². The Morgan fingerprint density at radius 1 is 1.15 bits per heavy atom. The van der Waals surface area contributed by atoms with Crippen LogP contribution in [0.2, 0.25) is 0 Å². The molecule has 4 atom stereocenters. The Balaban J connectivity index is 1.38. The van der Waals surface area contributed by atoms with Gasteiger partial charge in [0.1, 0.15) is 0 Å². The molecule has 2 unspecified atom stereocenters. The third kappa shape index (κ3) is 3.66. The molecule has 4 nitrogen and oxygen atoms in total. The molecular weight excluding hydrogens is 336 g/mol. The fourth-order valence-corrected chi connectivity index (χ4v) is 5.45. The van der Waals surface area contributed by atoms with Gasteiger partial charge in [0.05, 0.1) is 0 Å². The van der Waals surface area contributed by atoms with Crippen molar-refractivity contribution in [1.29, 1.82) is 0 Å². The Hall–Kier alpha value is -1.39. The van der Waals surface area contributed by atoms with Gasteiger partial charge in [0, 0.05) is 25.0 Å². The third-order valence-corrected chi connectivity index (χ3v) is 7.15. The van der Waals surface area contributed by atoms with Crippen LogP contribution in [-0.2, 0) is 10.4 Å². The van der Waals surface area contributed by atoms with E-state index in [0.29, 0.717) is 11.8 Å². The average Bonchev–Trinajstić information content (AvgIpc) is 3.11.